The van der Waals surface area contributed by atoms with E-state index in [4.69, 9.17) is 4.42 Å². The molecule has 0 N–H and O–H groups in total. The minimum atomic E-state index is -0.886. The number of hydrogen-bond acceptors (Lipinski definition) is 5. The lowest BCUT2D eigenvalue weighted by Gasteiger charge is -2.35. The van der Waals surface area contributed by atoms with Crippen LogP contribution in [0.3, 0.4) is 0 Å². The largest absolute Gasteiger partial charge is 0.461 e. The van der Waals surface area contributed by atoms with Crippen molar-refractivity contribution in [3.63, 3.8) is 0 Å². The van der Waals surface area contributed by atoms with Gasteiger partial charge in [-0.15, -0.1) is 0 Å². The molecule has 32 heavy (non-hydrogen) atoms. The van der Waals surface area contributed by atoms with E-state index in [0.29, 0.717) is 5.69 Å². The molecular formula is C25H17FN2O4. The van der Waals surface area contributed by atoms with Gasteiger partial charge >= 0.3 is 0 Å². The molecule has 7 heteroatoms. The number of anilines is 1. The van der Waals surface area contributed by atoms with Crippen LogP contribution in [0.1, 0.15) is 27.7 Å². The van der Waals surface area contributed by atoms with Gasteiger partial charge in [-0.3, -0.25) is 14.4 Å². The topological polar surface area (TPSA) is 70.8 Å². The Balaban J connectivity index is 1.50. The van der Waals surface area contributed by atoms with Crippen LogP contribution in [-0.4, -0.2) is 28.5 Å². The Hall–Kier alpha value is -4.00. The maximum absolute atomic E-state index is 13.6. The lowest BCUT2D eigenvalue weighted by Crippen LogP contribution is -2.44. The van der Waals surface area contributed by atoms with Crippen molar-refractivity contribution in [3.05, 3.63) is 95.8 Å². The molecule has 0 spiro atoms. The molecule has 2 aromatic carbocycles. The smallest absolute Gasteiger partial charge is 0.240 e. The van der Waals surface area contributed by atoms with Gasteiger partial charge in [-0.2, -0.15) is 0 Å². The van der Waals surface area contributed by atoms with Crippen molar-refractivity contribution in [2.24, 2.45) is 11.8 Å². The molecule has 1 aromatic heterocycles. The van der Waals surface area contributed by atoms with Crippen LogP contribution in [0.4, 0.5) is 10.1 Å². The summed E-state index contributed by atoms with van der Waals surface area (Å²) < 4.78 is 18.8. The molecule has 3 aliphatic heterocycles. The first-order valence-electron chi connectivity index (χ1n) is 10.3. The first-order valence-corrected chi connectivity index (χ1v) is 10.3. The van der Waals surface area contributed by atoms with Gasteiger partial charge < -0.3 is 9.32 Å². The fourth-order valence-electron chi connectivity index (χ4n) is 5.27. The third kappa shape index (κ3) is 2.48. The number of hydrogen-bond donors (Lipinski definition) is 0. The number of furan rings is 1. The van der Waals surface area contributed by atoms with Crippen molar-refractivity contribution in [1.82, 2.24) is 4.90 Å². The summed E-state index contributed by atoms with van der Waals surface area (Å²) in [5, 5.41) is 0. The summed E-state index contributed by atoms with van der Waals surface area (Å²) in [6.45, 7) is 0. The van der Waals surface area contributed by atoms with Crippen molar-refractivity contribution < 1.29 is 23.2 Å². The standard InChI is InChI=1S/C25H17FN2O4/c26-15-7-9-16(10-8-15)28-24(30)19-20(25(28)31)22(23(29)18-6-3-13-32-18)27-12-11-14-4-1-2-5-17(14)21(19)27/h1-13,19-22H/t19-,20+,21?,22-/m0/s1. The lowest BCUT2D eigenvalue weighted by atomic mass is 9.84. The van der Waals surface area contributed by atoms with Crippen LogP contribution in [0.25, 0.3) is 6.08 Å². The number of carbonyl (C=O) groups excluding carboxylic acids is 3. The van der Waals surface area contributed by atoms with Crippen molar-refractivity contribution >= 4 is 29.4 Å². The average Bonchev–Trinajstić information content (AvgIpc) is 3.51. The monoisotopic (exact) mass is 428 g/mol. The third-order valence-corrected chi connectivity index (χ3v) is 6.58. The number of halogens is 1. The van der Waals surface area contributed by atoms with E-state index in [1.165, 1.54) is 30.5 Å². The van der Waals surface area contributed by atoms with Crippen LogP contribution in [-0.2, 0) is 9.59 Å². The van der Waals surface area contributed by atoms with Gasteiger partial charge in [0.15, 0.2) is 5.76 Å². The lowest BCUT2D eigenvalue weighted by molar-refractivity contribution is -0.123. The van der Waals surface area contributed by atoms with Gasteiger partial charge in [-0.25, -0.2) is 9.29 Å². The number of fused-ring (bicyclic) bond motifs is 5. The van der Waals surface area contributed by atoms with Crippen LogP contribution in [0, 0.1) is 17.7 Å². The average molecular weight is 428 g/mol. The predicted molar refractivity (Wildman–Crippen MR) is 113 cm³/mol. The van der Waals surface area contributed by atoms with Crippen molar-refractivity contribution in [2.75, 3.05) is 4.90 Å². The normalized spacial score (nSPS) is 25.7. The highest BCUT2D eigenvalue weighted by molar-refractivity contribution is 6.24. The molecule has 1 unspecified atom stereocenters. The van der Waals surface area contributed by atoms with Crippen molar-refractivity contribution in [2.45, 2.75) is 12.1 Å². The van der Waals surface area contributed by atoms with E-state index in [9.17, 15) is 18.8 Å². The predicted octanol–water partition coefficient (Wildman–Crippen LogP) is 3.82. The molecule has 2 fully saturated rings. The van der Waals surface area contributed by atoms with Gasteiger partial charge in [0, 0.05) is 6.20 Å². The van der Waals surface area contributed by atoms with Gasteiger partial charge in [0.1, 0.15) is 11.9 Å². The summed E-state index contributed by atoms with van der Waals surface area (Å²) in [5.74, 6) is -3.15. The molecule has 0 aliphatic carbocycles. The van der Waals surface area contributed by atoms with E-state index in [1.807, 2.05) is 35.2 Å². The Labute approximate surface area is 182 Å². The number of amides is 2. The highest BCUT2D eigenvalue weighted by atomic mass is 19.1. The van der Waals surface area contributed by atoms with Crippen molar-refractivity contribution in [1.29, 1.82) is 0 Å². The number of nitrogens with zero attached hydrogens (tertiary/aromatic N) is 2. The summed E-state index contributed by atoms with van der Waals surface area (Å²) >= 11 is 0. The van der Waals surface area contributed by atoms with Crippen LogP contribution >= 0.6 is 0 Å². The maximum Gasteiger partial charge on any atom is 0.240 e. The molecule has 158 valence electrons. The number of carbonyl (C=O) groups is 3. The second-order valence-corrected chi connectivity index (χ2v) is 8.16. The summed E-state index contributed by atoms with van der Waals surface area (Å²) in [4.78, 5) is 43.6. The number of Topliss-reactive ketones (excluding diaryl/α,β-unsaturated/α-hetero) is 1. The van der Waals surface area contributed by atoms with Crippen LogP contribution < -0.4 is 4.90 Å². The Bertz CT molecular complexity index is 1280. The van der Waals surface area contributed by atoms with Gasteiger partial charge in [0.25, 0.3) is 0 Å². The molecule has 3 aromatic rings. The van der Waals surface area contributed by atoms with E-state index in [1.54, 1.807) is 18.3 Å². The van der Waals surface area contributed by atoms with E-state index < -0.39 is 35.6 Å². The van der Waals surface area contributed by atoms with E-state index in [2.05, 4.69) is 0 Å². The Kier molecular flexibility index (Phi) is 3.95. The van der Waals surface area contributed by atoms with E-state index in [0.717, 1.165) is 16.0 Å². The zero-order valence-corrected chi connectivity index (χ0v) is 16.7. The zero-order valence-electron chi connectivity index (χ0n) is 16.7. The summed E-state index contributed by atoms with van der Waals surface area (Å²) in [6, 6.07) is 14.7. The highest BCUT2D eigenvalue weighted by Crippen LogP contribution is 2.53. The SMILES string of the molecule is O=C(c1ccco1)[C@@H]1[C@@H]2C(=O)N(c3ccc(F)cc3)C(=O)[C@@H]2C2c3ccccc3C=CN21. The number of rotatable bonds is 3. The molecule has 0 saturated carbocycles. The van der Waals surface area contributed by atoms with Crippen LogP contribution in [0.2, 0.25) is 0 Å². The highest BCUT2D eigenvalue weighted by Gasteiger charge is 2.64. The molecule has 0 radical (unpaired) electrons. The molecule has 3 aliphatic rings. The number of imide groups is 1. The van der Waals surface area contributed by atoms with Crippen LogP contribution in [0.15, 0.2) is 77.5 Å². The second-order valence-electron chi connectivity index (χ2n) is 8.16. The van der Waals surface area contributed by atoms with Gasteiger partial charge in [-0.1, -0.05) is 24.3 Å². The third-order valence-electron chi connectivity index (χ3n) is 6.58. The molecule has 6 nitrogen and oxygen atoms in total. The van der Waals surface area contributed by atoms with E-state index in [-0.39, 0.29) is 17.5 Å². The second kappa shape index (κ2) is 6.75. The number of ketones is 1. The summed E-state index contributed by atoms with van der Waals surface area (Å²) in [6.07, 6.45) is 5.09. The molecule has 4 atom stereocenters. The van der Waals surface area contributed by atoms with Gasteiger partial charge in [-0.05, 0) is 53.6 Å². The molecular weight excluding hydrogens is 411 g/mol. The molecule has 0 bridgehead atoms. The van der Waals surface area contributed by atoms with Crippen molar-refractivity contribution in [3.8, 4) is 0 Å². The number of benzene rings is 2. The summed E-state index contributed by atoms with van der Waals surface area (Å²) in [5.41, 5.74) is 2.13. The fourth-order valence-corrected chi connectivity index (χ4v) is 5.27. The fraction of sp³-hybridized carbons (Fsp3) is 0.160. The zero-order chi connectivity index (χ0) is 22.0. The molecule has 2 saturated heterocycles. The molecule has 2 amide bonds. The Morgan fingerprint density at radius 1 is 0.906 bits per heavy atom. The Morgan fingerprint density at radius 3 is 2.41 bits per heavy atom. The van der Waals surface area contributed by atoms with Gasteiger partial charge in [0.05, 0.1) is 29.8 Å². The maximum atomic E-state index is 13.6. The quantitative estimate of drug-likeness (QED) is 0.469. The molecule has 4 heterocycles. The minimum absolute atomic E-state index is 0.141. The van der Waals surface area contributed by atoms with Crippen LogP contribution in [0.5, 0.6) is 0 Å². The first-order chi connectivity index (χ1) is 15.6. The Morgan fingerprint density at radius 2 is 1.66 bits per heavy atom. The first kappa shape index (κ1) is 18.7. The summed E-state index contributed by atoms with van der Waals surface area (Å²) in [7, 11) is 0. The van der Waals surface area contributed by atoms with Gasteiger partial charge in [0.2, 0.25) is 17.6 Å². The minimum Gasteiger partial charge on any atom is -0.461 e. The van der Waals surface area contributed by atoms with E-state index >= 15 is 0 Å². The molecule has 6 rings (SSSR count).